The number of anilines is 2. The van der Waals surface area contributed by atoms with Crippen molar-refractivity contribution in [1.82, 2.24) is 9.97 Å². The van der Waals surface area contributed by atoms with Crippen LogP contribution in [0, 0.1) is 5.82 Å². The van der Waals surface area contributed by atoms with Gasteiger partial charge in [0.15, 0.2) is 5.16 Å². The summed E-state index contributed by atoms with van der Waals surface area (Å²) in [5.41, 5.74) is 0.548. The Bertz CT molecular complexity index is 784. The van der Waals surface area contributed by atoms with Crippen LogP contribution in [-0.4, -0.2) is 34.7 Å². The molecule has 0 radical (unpaired) electrons. The number of rotatable bonds is 6. The highest BCUT2D eigenvalue weighted by atomic mass is 35.5. The van der Waals surface area contributed by atoms with Gasteiger partial charge in [-0.3, -0.25) is 4.79 Å². The molecule has 2 aromatic rings. The molecule has 8 heteroatoms. The second-order valence-corrected chi connectivity index (χ2v) is 7.91. The summed E-state index contributed by atoms with van der Waals surface area (Å²) in [5, 5.41) is 3.55. The van der Waals surface area contributed by atoms with Crippen molar-refractivity contribution in [3.8, 4) is 0 Å². The minimum Gasteiger partial charge on any atom is -0.357 e. The number of benzene rings is 1. The number of thioether (sulfide) groups is 1. The third kappa shape index (κ3) is 5.81. The van der Waals surface area contributed by atoms with Gasteiger partial charge in [-0.2, -0.15) is 0 Å². The van der Waals surface area contributed by atoms with Crippen molar-refractivity contribution in [1.29, 1.82) is 0 Å². The number of aromatic nitrogens is 2. The van der Waals surface area contributed by atoms with Gasteiger partial charge in [0.1, 0.15) is 16.8 Å². The number of nitrogens with zero attached hydrogens (tertiary/aromatic N) is 3. The fourth-order valence-electron chi connectivity index (χ4n) is 3.15. The molecule has 1 fully saturated rings. The minimum absolute atomic E-state index is 0.143. The maximum atomic E-state index is 12.9. The first-order valence-corrected chi connectivity index (χ1v) is 10.3. The standard InChI is InChI=1S/C19H22ClFN4OS/c1-25(15-5-3-2-4-6-15)17-11-16(20)23-19(24-17)27-12-18(26)22-14-9-7-13(21)8-10-14/h7-11,15H,2-6,12H2,1H3,(H,22,26). The summed E-state index contributed by atoms with van der Waals surface area (Å²) >= 11 is 7.39. The van der Waals surface area contributed by atoms with Crippen LogP contribution in [0.5, 0.6) is 0 Å². The van der Waals surface area contributed by atoms with Crippen molar-refractivity contribution in [3.63, 3.8) is 0 Å². The van der Waals surface area contributed by atoms with E-state index in [2.05, 4.69) is 20.2 Å². The molecular formula is C19H22ClFN4OS. The molecule has 0 aliphatic heterocycles. The van der Waals surface area contributed by atoms with Gasteiger partial charge in [-0.1, -0.05) is 42.6 Å². The van der Waals surface area contributed by atoms with Crippen LogP contribution in [0.3, 0.4) is 0 Å². The molecule has 5 nitrogen and oxygen atoms in total. The van der Waals surface area contributed by atoms with Gasteiger partial charge in [0.05, 0.1) is 5.75 Å². The molecule has 0 atom stereocenters. The van der Waals surface area contributed by atoms with E-state index in [-0.39, 0.29) is 17.5 Å². The Morgan fingerprint density at radius 3 is 2.67 bits per heavy atom. The summed E-state index contributed by atoms with van der Waals surface area (Å²) < 4.78 is 12.9. The lowest BCUT2D eigenvalue weighted by Gasteiger charge is -2.32. The van der Waals surface area contributed by atoms with Crippen molar-refractivity contribution in [2.75, 3.05) is 23.0 Å². The molecule has 3 rings (SSSR count). The Kier molecular flexibility index (Phi) is 6.90. The molecule has 1 amide bonds. The van der Waals surface area contributed by atoms with Crippen LogP contribution < -0.4 is 10.2 Å². The van der Waals surface area contributed by atoms with Crippen LogP contribution in [-0.2, 0) is 4.79 Å². The summed E-state index contributed by atoms with van der Waals surface area (Å²) in [7, 11) is 2.03. The molecule has 0 bridgehead atoms. The van der Waals surface area contributed by atoms with E-state index in [1.807, 2.05) is 7.05 Å². The molecule has 0 unspecified atom stereocenters. The van der Waals surface area contributed by atoms with Gasteiger partial charge in [0.25, 0.3) is 0 Å². The Morgan fingerprint density at radius 2 is 1.96 bits per heavy atom. The SMILES string of the molecule is CN(c1cc(Cl)nc(SCC(=O)Nc2ccc(F)cc2)n1)C1CCCCC1. The quantitative estimate of drug-likeness (QED) is 0.424. The summed E-state index contributed by atoms with van der Waals surface area (Å²) in [6, 6.07) is 7.87. The first kappa shape index (κ1) is 19.9. The third-order valence-electron chi connectivity index (χ3n) is 4.60. The van der Waals surface area contributed by atoms with E-state index in [0.29, 0.717) is 22.0 Å². The highest BCUT2D eigenvalue weighted by Crippen LogP contribution is 2.27. The van der Waals surface area contributed by atoms with Crippen molar-refractivity contribution in [3.05, 3.63) is 41.3 Å². The lowest BCUT2D eigenvalue weighted by Crippen LogP contribution is -2.34. The van der Waals surface area contributed by atoms with Crippen molar-refractivity contribution >= 4 is 40.8 Å². The molecule has 27 heavy (non-hydrogen) atoms. The monoisotopic (exact) mass is 408 g/mol. The normalized spacial score (nSPS) is 14.8. The zero-order valence-electron chi connectivity index (χ0n) is 15.1. The molecule has 0 saturated heterocycles. The smallest absolute Gasteiger partial charge is 0.234 e. The summed E-state index contributed by atoms with van der Waals surface area (Å²) in [6.45, 7) is 0. The van der Waals surface area contributed by atoms with E-state index in [1.54, 1.807) is 6.07 Å². The zero-order chi connectivity index (χ0) is 19.2. The number of hydrogen-bond donors (Lipinski definition) is 1. The van der Waals surface area contributed by atoms with Gasteiger partial charge < -0.3 is 10.2 Å². The maximum absolute atomic E-state index is 12.9. The Morgan fingerprint density at radius 1 is 1.26 bits per heavy atom. The topological polar surface area (TPSA) is 58.1 Å². The molecule has 1 N–H and O–H groups in total. The molecule has 144 valence electrons. The second kappa shape index (κ2) is 9.37. The highest BCUT2D eigenvalue weighted by Gasteiger charge is 2.20. The van der Waals surface area contributed by atoms with E-state index in [4.69, 9.17) is 11.6 Å². The predicted molar refractivity (Wildman–Crippen MR) is 108 cm³/mol. The maximum Gasteiger partial charge on any atom is 0.234 e. The fraction of sp³-hybridized carbons (Fsp3) is 0.421. The van der Waals surface area contributed by atoms with E-state index >= 15 is 0 Å². The van der Waals surface area contributed by atoms with Gasteiger partial charge in [-0.15, -0.1) is 0 Å². The Balaban J connectivity index is 1.60. The molecule has 1 aromatic heterocycles. The predicted octanol–water partition coefficient (Wildman–Crippen LogP) is 4.77. The Labute approximate surface area is 167 Å². The van der Waals surface area contributed by atoms with E-state index in [9.17, 15) is 9.18 Å². The second-order valence-electron chi connectivity index (χ2n) is 6.58. The lowest BCUT2D eigenvalue weighted by molar-refractivity contribution is -0.113. The van der Waals surface area contributed by atoms with Crippen LogP contribution in [0.4, 0.5) is 15.9 Å². The van der Waals surface area contributed by atoms with Crippen LogP contribution in [0.25, 0.3) is 0 Å². The van der Waals surface area contributed by atoms with Crippen LogP contribution in [0.1, 0.15) is 32.1 Å². The zero-order valence-corrected chi connectivity index (χ0v) is 16.7. The molecule has 1 saturated carbocycles. The molecule has 1 heterocycles. The van der Waals surface area contributed by atoms with Gasteiger partial charge in [-0.25, -0.2) is 14.4 Å². The number of nitrogens with one attached hydrogen (secondary N) is 1. The molecule has 1 aliphatic carbocycles. The average molecular weight is 409 g/mol. The molecular weight excluding hydrogens is 387 g/mol. The third-order valence-corrected chi connectivity index (χ3v) is 5.65. The van der Waals surface area contributed by atoms with E-state index in [0.717, 1.165) is 18.7 Å². The fourth-order valence-corrected chi connectivity index (χ4v) is 4.03. The summed E-state index contributed by atoms with van der Waals surface area (Å²) in [5.74, 6) is 0.370. The minimum atomic E-state index is -0.343. The highest BCUT2D eigenvalue weighted by molar-refractivity contribution is 7.99. The van der Waals surface area contributed by atoms with Crippen molar-refractivity contribution in [2.24, 2.45) is 0 Å². The molecule has 0 spiro atoms. The first-order chi connectivity index (χ1) is 13.0. The lowest BCUT2D eigenvalue weighted by atomic mass is 9.94. The van der Waals surface area contributed by atoms with Gasteiger partial charge in [0.2, 0.25) is 5.91 Å². The first-order valence-electron chi connectivity index (χ1n) is 8.97. The summed E-state index contributed by atoms with van der Waals surface area (Å²) in [6.07, 6.45) is 6.07. The number of carbonyl (C=O) groups is 1. The average Bonchev–Trinajstić information content (AvgIpc) is 2.68. The van der Waals surface area contributed by atoms with Gasteiger partial charge in [0, 0.05) is 24.8 Å². The number of amides is 1. The van der Waals surface area contributed by atoms with E-state index < -0.39 is 0 Å². The number of carbonyl (C=O) groups excluding carboxylic acids is 1. The van der Waals surface area contributed by atoms with Gasteiger partial charge >= 0.3 is 0 Å². The largest absolute Gasteiger partial charge is 0.357 e. The van der Waals surface area contributed by atoms with Crippen LogP contribution in [0.15, 0.2) is 35.5 Å². The number of hydrogen-bond acceptors (Lipinski definition) is 5. The van der Waals surface area contributed by atoms with E-state index in [1.165, 1.54) is 55.3 Å². The molecule has 1 aromatic carbocycles. The van der Waals surface area contributed by atoms with Crippen molar-refractivity contribution < 1.29 is 9.18 Å². The molecule has 1 aliphatic rings. The van der Waals surface area contributed by atoms with Crippen LogP contribution >= 0.6 is 23.4 Å². The number of halogens is 2. The van der Waals surface area contributed by atoms with Gasteiger partial charge in [-0.05, 0) is 37.1 Å². The Hall–Kier alpha value is -1.86. The van der Waals surface area contributed by atoms with Crippen molar-refractivity contribution in [2.45, 2.75) is 43.3 Å². The van der Waals surface area contributed by atoms with Crippen LogP contribution in [0.2, 0.25) is 5.15 Å². The summed E-state index contributed by atoms with van der Waals surface area (Å²) in [4.78, 5) is 23.0.